The van der Waals surface area contributed by atoms with Gasteiger partial charge in [-0.25, -0.2) is 0 Å². The summed E-state index contributed by atoms with van der Waals surface area (Å²) in [4.78, 5) is 45.2. The van der Waals surface area contributed by atoms with E-state index < -0.39 is 24.0 Å². The van der Waals surface area contributed by atoms with Crippen molar-refractivity contribution in [3.63, 3.8) is 0 Å². The first-order chi connectivity index (χ1) is 11.3. The van der Waals surface area contributed by atoms with Crippen LogP contribution < -0.4 is 16.8 Å². The van der Waals surface area contributed by atoms with Crippen LogP contribution in [-0.4, -0.2) is 60.2 Å². The van der Waals surface area contributed by atoms with Crippen LogP contribution >= 0.6 is 21.6 Å². The Kier molecular flexibility index (Phi) is 12.6. The predicted octanol–water partition coefficient (Wildman–Crippen LogP) is -0.360. The third-order valence-corrected chi connectivity index (χ3v) is 5.24. The molecule has 0 aromatic carbocycles. The topological polar surface area (TPSA) is 142 Å². The third kappa shape index (κ3) is 11.4. The van der Waals surface area contributed by atoms with E-state index in [0.29, 0.717) is 11.5 Å². The largest absolute Gasteiger partial charge is 0.465 e. The van der Waals surface area contributed by atoms with E-state index in [4.69, 9.17) is 11.5 Å². The van der Waals surface area contributed by atoms with Gasteiger partial charge in [-0.2, -0.15) is 0 Å². The van der Waals surface area contributed by atoms with Gasteiger partial charge in [0.2, 0.25) is 5.91 Å². The van der Waals surface area contributed by atoms with Crippen molar-refractivity contribution in [2.45, 2.75) is 38.8 Å². The van der Waals surface area contributed by atoms with Gasteiger partial charge >= 0.3 is 5.97 Å². The molecule has 0 bridgehead atoms. The minimum Gasteiger partial charge on any atom is -0.465 e. The minimum absolute atomic E-state index is 0.0441. The molecule has 0 aromatic heterocycles. The third-order valence-electron chi connectivity index (χ3n) is 2.76. The zero-order valence-corrected chi connectivity index (χ0v) is 15.5. The first-order valence-corrected chi connectivity index (χ1v) is 9.97. The maximum Gasteiger partial charge on any atom is 0.325 e. The Bertz CT molecular complexity index is 448. The molecule has 138 valence electrons. The Morgan fingerprint density at radius 1 is 1.04 bits per heavy atom. The lowest BCUT2D eigenvalue weighted by atomic mass is 10.1. The highest BCUT2D eigenvalue weighted by Crippen LogP contribution is 2.22. The smallest absolute Gasteiger partial charge is 0.325 e. The number of nitrogens with two attached hydrogens (primary N) is 2. The van der Waals surface area contributed by atoms with Crippen molar-refractivity contribution in [1.82, 2.24) is 5.32 Å². The number of rotatable bonds is 13. The van der Waals surface area contributed by atoms with Crippen LogP contribution in [0.4, 0.5) is 0 Å². The van der Waals surface area contributed by atoms with Crippen molar-refractivity contribution < 1.29 is 23.9 Å². The second-order valence-corrected chi connectivity index (χ2v) is 7.53. The molecule has 0 unspecified atom stereocenters. The standard InChI is InChI=1S/C14H25N3O5S2/c1-3-22-13(20)6-17-14(21)11(16)8-24-23-7-10(15)12(19)5-4-9(2)18/h10-11H,3-8,15-16H2,1-2H3,(H,17,21)/t10-,11-/m0/s1. The number of hydrogen-bond donors (Lipinski definition) is 3. The van der Waals surface area contributed by atoms with Crippen LogP contribution in [0.25, 0.3) is 0 Å². The van der Waals surface area contributed by atoms with Crippen molar-refractivity contribution in [3.05, 3.63) is 0 Å². The number of esters is 1. The van der Waals surface area contributed by atoms with Gasteiger partial charge in [0.1, 0.15) is 12.3 Å². The normalized spacial score (nSPS) is 13.0. The highest BCUT2D eigenvalue weighted by atomic mass is 33.1. The summed E-state index contributed by atoms with van der Waals surface area (Å²) in [6.45, 7) is 3.14. The maximum absolute atomic E-state index is 11.7. The molecule has 0 radical (unpaired) electrons. The molecule has 0 rings (SSSR count). The SMILES string of the molecule is CCOC(=O)CNC(=O)[C@@H](N)CSSC[C@H](N)C(=O)CCC(C)=O. The van der Waals surface area contributed by atoms with E-state index >= 15 is 0 Å². The summed E-state index contributed by atoms with van der Waals surface area (Å²) in [5.41, 5.74) is 11.4. The molecule has 0 aliphatic heterocycles. The first kappa shape index (κ1) is 22.9. The van der Waals surface area contributed by atoms with E-state index in [9.17, 15) is 19.2 Å². The van der Waals surface area contributed by atoms with Gasteiger partial charge in [-0.3, -0.25) is 14.4 Å². The Labute approximate surface area is 149 Å². The van der Waals surface area contributed by atoms with Gasteiger partial charge < -0.3 is 26.3 Å². The van der Waals surface area contributed by atoms with Crippen molar-refractivity contribution in [2.24, 2.45) is 11.5 Å². The highest BCUT2D eigenvalue weighted by molar-refractivity contribution is 8.76. The molecule has 0 heterocycles. The lowest BCUT2D eigenvalue weighted by molar-refractivity contribution is -0.143. The summed E-state index contributed by atoms with van der Waals surface area (Å²) in [6, 6.07) is -1.42. The molecule has 1 amide bonds. The van der Waals surface area contributed by atoms with Gasteiger partial charge in [0.15, 0.2) is 5.78 Å². The van der Waals surface area contributed by atoms with Crippen molar-refractivity contribution in [2.75, 3.05) is 24.7 Å². The van der Waals surface area contributed by atoms with Crippen LogP contribution in [0.1, 0.15) is 26.7 Å². The van der Waals surface area contributed by atoms with Crippen LogP contribution in [0.3, 0.4) is 0 Å². The summed E-state index contributed by atoms with van der Waals surface area (Å²) in [7, 11) is 2.66. The molecule has 0 saturated heterocycles. The summed E-state index contributed by atoms with van der Waals surface area (Å²) >= 11 is 0. The summed E-state index contributed by atoms with van der Waals surface area (Å²) in [5.74, 6) is -0.480. The molecule has 24 heavy (non-hydrogen) atoms. The molecule has 10 heteroatoms. The molecule has 5 N–H and O–H groups in total. The molecule has 0 saturated carbocycles. The minimum atomic E-state index is -0.776. The number of ether oxygens (including phenoxy) is 1. The lowest BCUT2D eigenvalue weighted by Gasteiger charge is -2.12. The highest BCUT2D eigenvalue weighted by Gasteiger charge is 2.17. The summed E-state index contributed by atoms with van der Waals surface area (Å²) < 4.78 is 4.68. The van der Waals surface area contributed by atoms with E-state index in [-0.39, 0.29) is 37.6 Å². The van der Waals surface area contributed by atoms with Crippen molar-refractivity contribution in [3.8, 4) is 0 Å². The van der Waals surface area contributed by atoms with Crippen LogP contribution in [0, 0.1) is 0 Å². The molecule has 0 fully saturated rings. The molecular weight excluding hydrogens is 354 g/mol. The fraction of sp³-hybridized carbons (Fsp3) is 0.714. The molecule has 0 aliphatic rings. The summed E-state index contributed by atoms with van der Waals surface area (Å²) in [5, 5.41) is 2.39. The number of nitrogens with one attached hydrogen (secondary N) is 1. The molecule has 8 nitrogen and oxygen atoms in total. The molecule has 0 aliphatic carbocycles. The Balaban J connectivity index is 3.85. The quantitative estimate of drug-likeness (QED) is 0.222. The number of Topliss-reactive ketones (excluding diaryl/α,β-unsaturated/α-hetero) is 2. The second kappa shape index (κ2) is 13.2. The Morgan fingerprint density at radius 2 is 1.62 bits per heavy atom. The van der Waals surface area contributed by atoms with Gasteiger partial charge in [-0.15, -0.1) is 0 Å². The van der Waals surface area contributed by atoms with E-state index in [1.807, 2.05) is 0 Å². The Hall–Kier alpha value is -1.10. The van der Waals surface area contributed by atoms with E-state index in [0.717, 1.165) is 0 Å². The molecule has 0 aromatic rings. The van der Waals surface area contributed by atoms with Crippen LogP contribution in [0.15, 0.2) is 0 Å². The van der Waals surface area contributed by atoms with Gasteiger partial charge in [0.05, 0.1) is 18.7 Å². The van der Waals surface area contributed by atoms with Gasteiger partial charge in [-0.1, -0.05) is 21.6 Å². The fourth-order valence-corrected chi connectivity index (χ4v) is 3.68. The number of carbonyl (C=O) groups is 4. The van der Waals surface area contributed by atoms with Crippen molar-refractivity contribution in [1.29, 1.82) is 0 Å². The Morgan fingerprint density at radius 3 is 2.17 bits per heavy atom. The fourth-order valence-electron chi connectivity index (χ4n) is 1.40. The van der Waals surface area contributed by atoms with Crippen molar-refractivity contribution >= 4 is 45.0 Å². The van der Waals surface area contributed by atoms with Gasteiger partial charge in [-0.05, 0) is 13.8 Å². The van der Waals surface area contributed by atoms with E-state index in [1.165, 1.54) is 28.5 Å². The maximum atomic E-state index is 11.7. The lowest BCUT2D eigenvalue weighted by Crippen LogP contribution is -2.44. The molecule has 2 atom stereocenters. The average molecular weight is 380 g/mol. The van der Waals surface area contributed by atoms with Gasteiger partial charge in [0.25, 0.3) is 0 Å². The molecule has 0 spiro atoms. The predicted molar refractivity (Wildman–Crippen MR) is 95.4 cm³/mol. The monoisotopic (exact) mass is 379 g/mol. The van der Waals surface area contributed by atoms with E-state index in [1.54, 1.807) is 6.92 Å². The first-order valence-electron chi connectivity index (χ1n) is 7.49. The van der Waals surface area contributed by atoms with Crippen LogP contribution in [0.2, 0.25) is 0 Å². The van der Waals surface area contributed by atoms with E-state index in [2.05, 4.69) is 10.1 Å². The summed E-state index contributed by atoms with van der Waals surface area (Å²) in [6.07, 6.45) is 0.355. The number of amides is 1. The van der Waals surface area contributed by atoms with Crippen LogP contribution in [0.5, 0.6) is 0 Å². The zero-order valence-electron chi connectivity index (χ0n) is 13.9. The zero-order chi connectivity index (χ0) is 18.5. The molecular formula is C14H25N3O5S2. The number of ketones is 2. The van der Waals surface area contributed by atoms with Crippen LogP contribution in [-0.2, 0) is 23.9 Å². The number of carbonyl (C=O) groups excluding carboxylic acids is 4. The second-order valence-electron chi connectivity index (χ2n) is 4.97. The number of hydrogen-bond acceptors (Lipinski definition) is 9. The van der Waals surface area contributed by atoms with Gasteiger partial charge in [0, 0.05) is 24.3 Å². The average Bonchev–Trinajstić information content (AvgIpc) is 2.53.